The number of alkyl halides is 1. The summed E-state index contributed by atoms with van der Waals surface area (Å²) in [6, 6.07) is 1.45. The largest absolute Gasteiger partial charge is 0.449 e. The molecule has 1 rings (SSSR count). The van der Waals surface area contributed by atoms with Crippen LogP contribution in [0, 0.1) is 11.6 Å². The molecule has 0 spiro atoms. The zero-order valence-corrected chi connectivity index (χ0v) is 10.6. The third kappa shape index (κ3) is 3.36. The molecule has 0 aliphatic heterocycles. The number of hydrogen-bond acceptors (Lipinski definition) is 2. The van der Waals surface area contributed by atoms with Crippen LogP contribution in [-0.2, 0) is 4.79 Å². The third-order valence-electron chi connectivity index (χ3n) is 1.84. The lowest BCUT2D eigenvalue weighted by Crippen LogP contribution is -2.34. The third-order valence-corrected chi connectivity index (χ3v) is 2.45. The second-order valence-corrected chi connectivity index (χ2v) is 4.22. The van der Waals surface area contributed by atoms with Crippen LogP contribution in [0.2, 0.25) is 0 Å². The number of ether oxygens (including phenoxy) is 1. The Morgan fingerprint density at radius 3 is 2.47 bits per heavy atom. The summed E-state index contributed by atoms with van der Waals surface area (Å²) in [5.74, 6) is -3.43. The van der Waals surface area contributed by atoms with Crippen LogP contribution in [0.1, 0.15) is 0 Å². The van der Waals surface area contributed by atoms with Crippen LogP contribution in [-0.4, -0.2) is 31.3 Å². The number of carbonyl (C=O) groups excluding carboxylic acids is 1. The summed E-state index contributed by atoms with van der Waals surface area (Å²) in [6.07, 6.45) is -2.37. The first kappa shape index (κ1) is 13.8. The molecule has 0 heterocycles. The summed E-state index contributed by atoms with van der Waals surface area (Å²) in [5.41, 5.74) is 0. The Hall–Kier alpha value is -1.24. The first-order valence-electron chi connectivity index (χ1n) is 4.49. The smallest absolute Gasteiger partial charge is 0.317 e. The van der Waals surface area contributed by atoms with Gasteiger partial charge in [0.1, 0.15) is 5.82 Å². The summed E-state index contributed by atoms with van der Waals surface area (Å²) in [4.78, 5) is 12.1. The number of likely N-dealkylation sites (N-methyl/N-ethyl adjacent to an activating group) is 1. The van der Waals surface area contributed by atoms with Crippen molar-refractivity contribution in [3.8, 4) is 5.75 Å². The molecule has 0 aromatic heterocycles. The zero-order valence-electron chi connectivity index (χ0n) is 9.01. The van der Waals surface area contributed by atoms with E-state index in [4.69, 9.17) is 0 Å². The fraction of sp³-hybridized carbons (Fsp3) is 0.300. The maximum atomic E-state index is 13.2. The molecule has 0 bridgehead atoms. The maximum absolute atomic E-state index is 13.2. The highest BCUT2D eigenvalue weighted by Crippen LogP contribution is 2.26. The summed E-state index contributed by atoms with van der Waals surface area (Å²) >= 11 is 2.76. The predicted octanol–water partition coefficient (Wildman–Crippen LogP) is 2.49. The minimum atomic E-state index is -2.37. The molecule has 7 heteroatoms. The average molecular weight is 312 g/mol. The van der Waals surface area contributed by atoms with Gasteiger partial charge in [-0.1, -0.05) is 0 Å². The Kier molecular flexibility index (Phi) is 4.39. The lowest BCUT2D eigenvalue weighted by molar-refractivity contribution is -0.144. The number of amides is 1. The number of hydrogen-bond donors (Lipinski definition) is 0. The van der Waals surface area contributed by atoms with E-state index in [0.29, 0.717) is 6.07 Å². The average Bonchev–Trinajstić information content (AvgIpc) is 2.24. The van der Waals surface area contributed by atoms with Gasteiger partial charge in [-0.15, -0.1) is 0 Å². The predicted molar refractivity (Wildman–Crippen MR) is 58.3 cm³/mol. The van der Waals surface area contributed by atoms with E-state index >= 15 is 0 Å². The fourth-order valence-corrected chi connectivity index (χ4v) is 1.27. The molecular weight excluding hydrogens is 303 g/mol. The van der Waals surface area contributed by atoms with Crippen molar-refractivity contribution in [2.24, 2.45) is 0 Å². The molecule has 0 N–H and O–H groups in total. The molecule has 17 heavy (non-hydrogen) atoms. The molecule has 1 atom stereocenters. The molecule has 0 aliphatic rings. The van der Waals surface area contributed by atoms with Crippen LogP contribution in [0.5, 0.6) is 5.75 Å². The molecular formula is C10H9BrF3NO2. The van der Waals surface area contributed by atoms with E-state index in [-0.39, 0.29) is 4.47 Å². The van der Waals surface area contributed by atoms with E-state index in [1.54, 1.807) is 0 Å². The van der Waals surface area contributed by atoms with Crippen molar-refractivity contribution < 1.29 is 22.7 Å². The van der Waals surface area contributed by atoms with Crippen molar-refractivity contribution in [3.63, 3.8) is 0 Å². The quantitative estimate of drug-likeness (QED) is 0.803. The van der Waals surface area contributed by atoms with E-state index < -0.39 is 29.6 Å². The molecule has 0 radical (unpaired) electrons. The number of rotatable bonds is 3. The molecule has 0 saturated heterocycles. The highest BCUT2D eigenvalue weighted by molar-refractivity contribution is 9.10. The Morgan fingerprint density at radius 2 is 1.94 bits per heavy atom. The van der Waals surface area contributed by atoms with Gasteiger partial charge in [-0.3, -0.25) is 4.79 Å². The van der Waals surface area contributed by atoms with Crippen molar-refractivity contribution >= 4 is 21.8 Å². The van der Waals surface area contributed by atoms with E-state index in [1.165, 1.54) is 14.1 Å². The van der Waals surface area contributed by atoms with Gasteiger partial charge in [0, 0.05) is 20.2 Å². The van der Waals surface area contributed by atoms with E-state index in [1.807, 2.05) is 0 Å². The van der Waals surface area contributed by atoms with Crippen LogP contribution in [0.15, 0.2) is 16.6 Å². The van der Waals surface area contributed by atoms with E-state index in [0.717, 1.165) is 11.0 Å². The molecule has 1 aromatic rings. The number of halogens is 4. The van der Waals surface area contributed by atoms with E-state index in [2.05, 4.69) is 20.7 Å². The summed E-state index contributed by atoms with van der Waals surface area (Å²) < 4.78 is 43.8. The van der Waals surface area contributed by atoms with Gasteiger partial charge in [0.25, 0.3) is 5.91 Å². The molecule has 94 valence electrons. The van der Waals surface area contributed by atoms with Gasteiger partial charge in [0.15, 0.2) is 11.6 Å². The zero-order chi connectivity index (χ0) is 13.2. The maximum Gasteiger partial charge on any atom is 0.317 e. The minimum Gasteiger partial charge on any atom is -0.449 e. The second kappa shape index (κ2) is 5.39. The molecule has 1 unspecified atom stereocenters. The Labute approximate surface area is 104 Å². The molecule has 0 saturated carbocycles. The molecule has 1 amide bonds. The van der Waals surface area contributed by atoms with Crippen LogP contribution in [0.4, 0.5) is 13.2 Å². The topological polar surface area (TPSA) is 29.5 Å². The summed E-state index contributed by atoms with van der Waals surface area (Å²) in [5, 5.41) is 0. The van der Waals surface area contributed by atoms with Gasteiger partial charge >= 0.3 is 6.36 Å². The number of carbonyl (C=O) groups is 1. The molecule has 1 aromatic carbocycles. The van der Waals surface area contributed by atoms with Crippen molar-refractivity contribution in [1.82, 2.24) is 4.90 Å². The van der Waals surface area contributed by atoms with Crippen LogP contribution < -0.4 is 4.74 Å². The van der Waals surface area contributed by atoms with Gasteiger partial charge in [0.05, 0.1) is 4.47 Å². The second-order valence-electron chi connectivity index (χ2n) is 3.36. The van der Waals surface area contributed by atoms with Gasteiger partial charge in [-0.2, -0.15) is 4.39 Å². The van der Waals surface area contributed by atoms with Crippen LogP contribution in [0.25, 0.3) is 0 Å². The van der Waals surface area contributed by atoms with Crippen LogP contribution in [0.3, 0.4) is 0 Å². The molecule has 3 nitrogen and oxygen atoms in total. The molecule has 0 aliphatic carbocycles. The van der Waals surface area contributed by atoms with E-state index in [9.17, 15) is 18.0 Å². The Balaban J connectivity index is 2.89. The Morgan fingerprint density at radius 1 is 1.35 bits per heavy atom. The minimum absolute atomic E-state index is 0.114. The first-order valence-corrected chi connectivity index (χ1v) is 5.28. The van der Waals surface area contributed by atoms with Gasteiger partial charge in [0.2, 0.25) is 0 Å². The lowest BCUT2D eigenvalue weighted by Gasteiger charge is -2.15. The Bertz CT molecular complexity index is 440. The van der Waals surface area contributed by atoms with Crippen molar-refractivity contribution in [1.29, 1.82) is 0 Å². The number of nitrogens with zero attached hydrogens (tertiary/aromatic N) is 1. The highest BCUT2D eigenvalue weighted by atomic mass is 79.9. The standard InChI is InChI=1S/C10H9BrF3NO2/c1-15(2)10(16)9(14)17-8-4-6(12)5(11)3-7(8)13/h3-4,9H,1-2H3. The first-order chi connectivity index (χ1) is 7.82. The van der Waals surface area contributed by atoms with Crippen molar-refractivity contribution in [2.45, 2.75) is 6.36 Å². The van der Waals surface area contributed by atoms with Gasteiger partial charge < -0.3 is 9.64 Å². The SMILES string of the molecule is CN(C)C(=O)C(F)Oc1cc(F)c(Br)cc1F. The van der Waals surface area contributed by atoms with Crippen LogP contribution >= 0.6 is 15.9 Å². The fourth-order valence-electron chi connectivity index (χ4n) is 0.960. The van der Waals surface area contributed by atoms with Crippen molar-refractivity contribution in [3.05, 3.63) is 28.2 Å². The van der Waals surface area contributed by atoms with Gasteiger partial charge in [-0.25, -0.2) is 8.78 Å². The van der Waals surface area contributed by atoms with Gasteiger partial charge in [-0.05, 0) is 22.0 Å². The number of benzene rings is 1. The van der Waals surface area contributed by atoms with Crippen molar-refractivity contribution in [2.75, 3.05) is 14.1 Å². The summed E-state index contributed by atoms with van der Waals surface area (Å²) in [6.45, 7) is 0. The molecule has 0 fully saturated rings. The lowest BCUT2D eigenvalue weighted by atomic mass is 10.3. The summed E-state index contributed by atoms with van der Waals surface area (Å²) in [7, 11) is 2.63. The normalized spacial score (nSPS) is 12.1. The monoisotopic (exact) mass is 311 g/mol. The highest BCUT2D eigenvalue weighted by Gasteiger charge is 2.23.